The molecule has 126 valence electrons. The second-order valence-electron chi connectivity index (χ2n) is 4.14. The lowest BCUT2D eigenvalue weighted by molar-refractivity contribution is -0.274. The van der Waals surface area contributed by atoms with Crippen molar-refractivity contribution >= 4 is 35.6 Å². The molecule has 0 saturated heterocycles. The minimum atomic E-state index is -4.76. The number of aryl methyl sites for hydroxylation is 1. The van der Waals surface area contributed by atoms with E-state index in [1.807, 2.05) is 0 Å². The van der Waals surface area contributed by atoms with Crippen LogP contribution in [0, 0.1) is 6.92 Å². The number of nitrogens with one attached hydrogen (secondary N) is 1. The molecule has 7 nitrogen and oxygen atoms in total. The standard InChI is InChI=1S/C12H12F3N5O2.HI/c1-7-18-10(22-20-7)6-17-11(16)19-8-3-2-4-9(5-8)21-12(13,14)15;/h2-5H,6H2,1H3,(H3,16,17,19);1H. The summed E-state index contributed by atoms with van der Waals surface area (Å²) in [5.74, 6) is 0.364. The maximum Gasteiger partial charge on any atom is 0.573 e. The van der Waals surface area contributed by atoms with Gasteiger partial charge in [-0.05, 0) is 19.1 Å². The van der Waals surface area contributed by atoms with E-state index in [1.165, 1.54) is 18.2 Å². The monoisotopic (exact) mass is 443 g/mol. The highest BCUT2D eigenvalue weighted by molar-refractivity contribution is 14.0. The topological polar surface area (TPSA) is 98.6 Å². The summed E-state index contributed by atoms with van der Waals surface area (Å²) in [5, 5.41) is 6.22. The summed E-state index contributed by atoms with van der Waals surface area (Å²) >= 11 is 0. The van der Waals surface area contributed by atoms with Crippen molar-refractivity contribution in [3.63, 3.8) is 0 Å². The predicted molar refractivity (Wildman–Crippen MR) is 86.5 cm³/mol. The molecule has 0 radical (unpaired) electrons. The third-order valence-electron chi connectivity index (χ3n) is 2.29. The van der Waals surface area contributed by atoms with Crippen LogP contribution < -0.4 is 15.8 Å². The lowest BCUT2D eigenvalue weighted by Crippen LogP contribution is -2.23. The molecule has 1 heterocycles. The summed E-state index contributed by atoms with van der Waals surface area (Å²) in [6, 6.07) is 5.22. The van der Waals surface area contributed by atoms with E-state index in [2.05, 4.69) is 25.2 Å². The van der Waals surface area contributed by atoms with Crippen molar-refractivity contribution in [3.8, 4) is 5.75 Å². The van der Waals surface area contributed by atoms with Crippen LogP contribution in [0.5, 0.6) is 5.75 Å². The first-order valence-electron chi connectivity index (χ1n) is 6.04. The van der Waals surface area contributed by atoms with Gasteiger partial charge in [0.1, 0.15) is 12.3 Å². The number of alkyl halides is 3. The minimum absolute atomic E-state index is 0. The lowest BCUT2D eigenvalue weighted by atomic mass is 10.3. The maximum absolute atomic E-state index is 12.1. The molecule has 0 fully saturated rings. The number of rotatable bonds is 4. The zero-order valence-electron chi connectivity index (χ0n) is 11.8. The molecule has 2 rings (SSSR count). The smallest absolute Gasteiger partial charge is 0.406 e. The largest absolute Gasteiger partial charge is 0.573 e. The zero-order chi connectivity index (χ0) is 16.2. The minimum Gasteiger partial charge on any atom is -0.406 e. The molecule has 0 aliphatic heterocycles. The summed E-state index contributed by atoms with van der Waals surface area (Å²) < 4.78 is 45.0. The van der Waals surface area contributed by atoms with Gasteiger partial charge in [-0.1, -0.05) is 11.2 Å². The van der Waals surface area contributed by atoms with E-state index in [4.69, 9.17) is 10.3 Å². The van der Waals surface area contributed by atoms with Gasteiger partial charge in [-0.15, -0.1) is 37.1 Å². The van der Waals surface area contributed by atoms with Crippen LogP contribution in [-0.4, -0.2) is 22.5 Å². The summed E-state index contributed by atoms with van der Waals surface area (Å²) in [6.45, 7) is 1.71. The maximum atomic E-state index is 12.1. The van der Waals surface area contributed by atoms with Crippen LogP contribution >= 0.6 is 24.0 Å². The first-order valence-corrected chi connectivity index (χ1v) is 6.04. The molecule has 0 saturated carbocycles. The molecule has 3 N–H and O–H groups in total. The average Bonchev–Trinajstić information content (AvgIpc) is 2.81. The highest BCUT2D eigenvalue weighted by Crippen LogP contribution is 2.24. The first kappa shape index (κ1) is 19.0. The van der Waals surface area contributed by atoms with Gasteiger partial charge in [0.2, 0.25) is 5.89 Å². The number of aliphatic imine (C=N–C) groups is 1. The Labute approximate surface area is 146 Å². The molecule has 0 aliphatic carbocycles. The van der Waals surface area contributed by atoms with Crippen LogP contribution in [-0.2, 0) is 6.54 Å². The number of aromatic nitrogens is 2. The Morgan fingerprint density at radius 1 is 1.43 bits per heavy atom. The third-order valence-corrected chi connectivity index (χ3v) is 2.29. The molecule has 0 spiro atoms. The average molecular weight is 443 g/mol. The van der Waals surface area contributed by atoms with Crippen molar-refractivity contribution in [2.45, 2.75) is 19.8 Å². The zero-order valence-corrected chi connectivity index (χ0v) is 14.1. The number of hydrogen-bond donors (Lipinski definition) is 2. The van der Waals surface area contributed by atoms with E-state index >= 15 is 0 Å². The summed E-state index contributed by atoms with van der Waals surface area (Å²) in [6.07, 6.45) is -4.76. The lowest BCUT2D eigenvalue weighted by Gasteiger charge is -2.10. The van der Waals surface area contributed by atoms with Crippen LogP contribution in [0.2, 0.25) is 0 Å². The van der Waals surface area contributed by atoms with E-state index < -0.39 is 6.36 Å². The Morgan fingerprint density at radius 2 is 2.17 bits per heavy atom. The second kappa shape index (κ2) is 7.99. The molecule has 1 aromatic heterocycles. The number of ether oxygens (including phenoxy) is 1. The quantitative estimate of drug-likeness (QED) is 0.429. The predicted octanol–water partition coefficient (Wildman–Crippen LogP) is 2.82. The number of anilines is 1. The molecule has 1 aromatic carbocycles. The van der Waals surface area contributed by atoms with Gasteiger partial charge in [0.25, 0.3) is 0 Å². The van der Waals surface area contributed by atoms with E-state index in [0.717, 1.165) is 6.07 Å². The fourth-order valence-corrected chi connectivity index (χ4v) is 1.52. The molecular weight excluding hydrogens is 430 g/mol. The van der Waals surface area contributed by atoms with Gasteiger partial charge in [-0.3, -0.25) is 0 Å². The number of nitrogens with two attached hydrogens (primary N) is 1. The van der Waals surface area contributed by atoms with E-state index in [-0.39, 0.29) is 48.1 Å². The van der Waals surface area contributed by atoms with Gasteiger partial charge in [0, 0.05) is 11.8 Å². The van der Waals surface area contributed by atoms with Crippen LogP contribution in [0.1, 0.15) is 11.7 Å². The van der Waals surface area contributed by atoms with Gasteiger partial charge in [-0.25, -0.2) is 4.99 Å². The summed E-state index contributed by atoms with van der Waals surface area (Å²) in [5.41, 5.74) is 5.92. The number of hydrogen-bond acceptors (Lipinski definition) is 5. The molecule has 23 heavy (non-hydrogen) atoms. The number of nitrogens with zero attached hydrogens (tertiary/aromatic N) is 3. The SMILES string of the molecule is Cc1noc(CN=C(N)Nc2cccc(OC(F)(F)F)c2)n1.I. The van der Waals surface area contributed by atoms with Crippen molar-refractivity contribution in [2.75, 3.05) is 5.32 Å². The molecule has 2 aromatic rings. The Kier molecular flexibility index (Phi) is 6.60. The van der Waals surface area contributed by atoms with Crippen molar-refractivity contribution < 1.29 is 22.4 Å². The van der Waals surface area contributed by atoms with Gasteiger partial charge in [-0.2, -0.15) is 4.98 Å². The fraction of sp³-hybridized carbons (Fsp3) is 0.250. The van der Waals surface area contributed by atoms with Crippen LogP contribution in [0.3, 0.4) is 0 Å². The molecule has 11 heteroatoms. The molecule has 0 unspecified atom stereocenters. The first-order chi connectivity index (χ1) is 10.3. The van der Waals surface area contributed by atoms with E-state index in [1.54, 1.807) is 6.92 Å². The van der Waals surface area contributed by atoms with Gasteiger partial charge in [0.15, 0.2) is 11.8 Å². The Hall–Kier alpha value is -2.05. The van der Waals surface area contributed by atoms with Crippen LogP contribution in [0.4, 0.5) is 18.9 Å². The van der Waals surface area contributed by atoms with Crippen molar-refractivity contribution in [1.29, 1.82) is 0 Å². The van der Waals surface area contributed by atoms with E-state index in [0.29, 0.717) is 11.5 Å². The Morgan fingerprint density at radius 3 is 2.78 bits per heavy atom. The van der Waals surface area contributed by atoms with Gasteiger partial charge in [0.05, 0.1) is 0 Å². The summed E-state index contributed by atoms with van der Waals surface area (Å²) in [7, 11) is 0. The van der Waals surface area contributed by atoms with E-state index in [9.17, 15) is 13.2 Å². The van der Waals surface area contributed by atoms with Crippen LogP contribution in [0.25, 0.3) is 0 Å². The Balaban J connectivity index is 0.00000264. The van der Waals surface area contributed by atoms with Gasteiger partial charge < -0.3 is 20.3 Å². The van der Waals surface area contributed by atoms with Crippen LogP contribution in [0.15, 0.2) is 33.8 Å². The Bertz CT molecular complexity index is 675. The summed E-state index contributed by atoms with van der Waals surface area (Å²) in [4.78, 5) is 7.86. The number of halogens is 4. The molecule has 0 bridgehead atoms. The number of guanidine groups is 1. The fourth-order valence-electron chi connectivity index (χ4n) is 1.52. The molecule has 0 atom stereocenters. The third kappa shape index (κ3) is 6.71. The molecule has 0 aliphatic rings. The van der Waals surface area contributed by atoms with Crippen molar-refractivity contribution in [2.24, 2.45) is 10.7 Å². The normalized spacial score (nSPS) is 11.7. The highest BCUT2D eigenvalue weighted by atomic mass is 127. The second-order valence-corrected chi connectivity index (χ2v) is 4.14. The molecular formula is C12H13F3IN5O2. The van der Waals surface area contributed by atoms with Gasteiger partial charge >= 0.3 is 6.36 Å². The highest BCUT2D eigenvalue weighted by Gasteiger charge is 2.31. The molecule has 0 amide bonds. The van der Waals surface area contributed by atoms with Crippen molar-refractivity contribution in [1.82, 2.24) is 10.1 Å². The number of benzene rings is 1. The van der Waals surface area contributed by atoms with Crippen molar-refractivity contribution in [3.05, 3.63) is 36.0 Å².